The molecule has 0 aliphatic carbocycles. The van der Waals surface area contributed by atoms with E-state index in [1.807, 2.05) is 62.4 Å². The van der Waals surface area contributed by atoms with E-state index >= 15 is 0 Å². The lowest BCUT2D eigenvalue weighted by Gasteiger charge is -2.29. The molecule has 0 spiro atoms. The van der Waals surface area contributed by atoms with Crippen molar-refractivity contribution < 1.29 is 18.7 Å². The fraction of sp³-hybridized carbons (Fsp3) is 0.171. The molecule has 0 fully saturated rings. The van der Waals surface area contributed by atoms with E-state index in [2.05, 4.69) is 22.8 Å². The SMILES string of the molecule is CCOc1ccccc1NC(=O)C1=C(C)Nc2nc(SCc3ccccc3)nn2C1c1ccc(OCc2c(F)cccc2Cl)cc1. The average Bonchev–Trinajstić information content (AvgIpc) is 3.47. The summed E-state index contributed by atoms with van der Waals surface area (Å²) >= 11 is 7.69. The van der Waals surface area contributed by atoms with Gasteiger partial charge >= 0.3 is 0 Å². The number of anilines is 2. The van der Waals surface area contributed by atoms with Crippen molar-refractivity contribution in [1.29, 1.82) is 0 Å². The van der Waals surface area contributed by atoms with Gasteiger partial charge in [-0.2, -0.15) is 4.98 Å². The van der Waals surface area contributed by atoms with Crippen LogP contribution in [0.4, 0.5) is 16.0 Å². The van der Waals surface area contributed by atoms with Crippen molar-refractivity contribution in [3.05, 3.63) is 136 Å². The van der Waals surface area contributed by atoms with E-state index in [9.17, 15) is 9.18 Å². The third-order valence-electron chi connectivity index (χ3n) is 7.36. The van der Waals surface area contributed by atoms with Crippen molar-refractivity contribution >= 4 is 40.9 Å². The Balaban J connectivity index is 1.31. The predicted molar refractivity (Wildman–Crippen MR) is 179 cm³/mol. The number of halogens is 2. The Morgan fingerprint density at radius 2 is 1.76 bits per heavy atom. The van der Waals surface area contributed by atoms with Crippen LogP contribution in [0.25, 0.3) is 0 Å². The van der Waals surface area contributed by atoms with Crippen LogP contribution in [0.5, 0.6) is 11.5 Å². The molecule has 4 aromatic carbocycles. The normalized spacial score (nSPS) is 14.0. The number of para-hydroxylation sites is 2. The Bertz CT molecular complexity index is 1860. The molecular formula is C35H31ClFN5O3S. The lowest BCUT2D eigenvalue weighted by Crippen LogP contribution is -2.31. The molecule has 234 valence electrons. The number of benzene rings is 4. The lowest BCUT2D eigenvalue weighted by molar-refractivity contribution is -0.113. The fourth-order valence-corrected chi connectivity index (χ4v) is 6.13. The molecule has 6 rings (SSSR count). The van der Waals surface area contributed by atoms with Gasteiger partial charge in [-0.3, -0.25) is 4.79 Å². The molecule has 46 heavy (non-hydrogen) atoms. The summed E-state index contributed by atoms with van der Waals surface area (Å²) in [5.41, 5.74) is 3.89. The number of hydrogen-bond donors (Lipinski definition) is 2. The molecule has 11 heteroatoms. The number of fused-ring (bicyclic) bond motifs is 1. The second-order valence-electron chi connectivity index (χ2n) is 10.4. The molecule has 5 aromatic rings. The van der Waals surface area contributed by atoms with E-state index in [1.165, 1.54) is 17.8 Å². The van der Waals surface area contributed by atoms with Gasteiger partial charge in [0.05, 0.1) is 22.9 Å². The number of allylic oxidation sites excluding steroid dienone is 1. The third-order valence-corrected chi connectivity index (χ3v) is 8.63. The Kier molecular flexibility index (Phi) is 9.56. The second-order valence-corrected chi connectivity index (χ2v) is 11.8. The number of carbonyl (C=O) groups is 1. The second kappa shape index (κ2) is 14.1. The van der Waals surface area contributed by atoms with Crippen LogP contribution >= 0.6 is 23.4 Å². The molecule has 1 aromatic heterocycles. The molecular weight excluding hydrogens is 625 g/mol. The first-order valence-corrected chi connectivity index (χ1v) is 16.1. The van der Waals surface area contributed by atoms with Gasteiger partial charge in [-0.15, -0.1) is 5.10 Å². The molecule has 0 radical (unpaired) electrons. The van der Waals surface area contributed by atoms with Crippen molar-refractivity contribution in [2.24, 2.45) is 0 Å². The number of amides is 1. The van der Waals surface area contributed by atoms with Gasteiger partial charge in [-0.05, 0) is 61.4 Å². The number of rotatable bonds is 11. The molecule has 1 amide bonds. The maximum Gasteiger partial charge on any atom is 0.255 e. The molecule has 1 atom stereocenters. The molecule has 0 saturated heterocycles. The van der Waals surface area contributed by atoms with E-state index in [1.54, 1.807) is 35.0 Å². The van der Waals surface area contributed by atoms with Crippen molar-refractivity contribution in [3.63, 3.8) is 0 Å². The van der Waals surface area contributed by atoms with Crippen LogP contribution in [-0.2, 0) is 17.2 Å². The smallest absolute Gasteiger partial charge is 0.255 e. The molecule has 0 saturated carbocycles. The van der Waals surface area contributed by atoms with Crippen molar-refractivity contribution in [2.75, 3.05) is 17.2 Å². The standard InChI is InChI=1S/C35H31ClFN5O3S/c1-3-44-30-15-8-7-14-29(30)39-33(43)31-22(2)38-34-40-35(46-21-23-10-5-4-6-11-23)41-42(34)32(31)24-16-18-25(19-17-24)45-20-26-27(36)12-9-13-28(26)37/h4-19,32H,3,20-21H2,1-2H3,(H,39,43)(H,38,40,41). The zero-order chi connectivity index (χ0) is 32.0. The van der Waals surface area contributed by atoms with E-state index in [0.717, 1.165) is 11.1 Å². The maximum absolute atomic E-state index is 14.3. The molecule has 1 aliphatic heterocycles. The van der Waals surface area contributed by atoms with Gasteiger partial charge in [0, 0.05) is 17.0 Å². The van der Waals surface area contributed by atoms with E-state index in [4.69, 9.17) is 31.2 Å². The number of aromatic nitrogens is 3. The average molecular weight is 656 g/mol. The zero-order valence-corrected chi connectivity index (χ0v) is 26.7. The lowest BCUT2D eigenvalue weighted by atomic mass is 9.95. The van der Waals surface area contributed by atoms with Crippen LogP contribution in [0.1, 0.15) is 36.6 Å². The summed E-state index contributed by atoms with van der Waals surface area (Å²) in [6, 6.07) is 28.6. The summed E-state index contributed by atoms with van der Waals surface area (Å²) in [5.74, 6) is 1.58. The molecule has 2 N–H and O–H groups in total. The molecule has 1 aliphatic rings. The minimum atomic E-state index is -0.607. The first-order chi connectivity index (χ1) is 22.4. The maximum atomic E-state index is 14.3. The van der Waals surface area contributed by atoms with Gasteiger partial charge in [0.25, 0.3) is 5.91 Å². The van der Waals surface area contributed by atoms with Crippen LogP contribution < -0.4 is 20.1 Å². The zero-order valence-electron chi connectivity index (χ0n) is 25.2. The van der Waals surface area contributed by atoms with Crippen LogP contribution in [0, 0.1) is 5.82 Å². The highest BCUT2D eigenvalue weighted by Crippen LogP contribution is 2.38. The fourth-order valence-electron chi connectivity index (χ4n) is 5.13. The number of carbonyl (C=O) groups excluding carboxylic acids is 1. The largest absolute Gasteiger partial charge is 0.492 e. The molecule has 1 unspecified atom stereocenters. The minimum Gasteiger partial charge on any atom is -0.492 e. The number of nitrogens with one attached hydrogen (secondary N) is 2. The van der Waals surface area contributed by atoms with Gasteiger partial charge in [-0.1, -0.05) is 84.0 Å². The quantitative estimate of drug-likeness (QED) is 0.138. The monoisotopic (exact) mass is 655 g/mol. The molecule has 0 bridgehead atoms. The van der Waals surface area contributed by atoms with Crippen molar-refractivity contribution in [3.8, 4) is 11.5 Å². The van der Waals surface area contributed by atoms with Crippen molar-refractivity contribution in [2.45, 2.75) is 37.4 Å². The van der Waals surface area contributed by atoms with Crippen LogP contribution in [-0.4, -0.2) is 27.3 Å². The van der Waals surface area contributed by atoms with E-state index in [0.29, 0.717) is 56.9 Å². The van der Waals surface area contributed by atoms with Gasteiger partial charge < -0.3 is 20.1 Å². The highest BCUT2D eigenvalue weighted by atomic mass is 35.5. The van der Waals surface area contributed by atoms with Gasteiger partial charge in [0.2, 0.25) is 11.1 Å². The Hall–Kier alpha value is -4.80. The van der Waals surface area contributed by atoms with E-state index in [-0.39, 0.29) is 18.1 Å². The number of ether oxygens (including phenoxy) is 2. The number of hydrogen-bond acceptors (Lipinski definition) is 7. The number of thioether (sulfide) groups is 1. The summed E-state index contributed by atoms with van der Waals surface area (Å²) < 4.78 is 27.7. The summed E-state index contributed by atoms with van der Waals surface area (Å²) in [4.78, 5) is 18.8. The summed E-state index contributed by atoms with van der Waals surface area (Å²) in [6.07, 6.45) is 0. The third kappa shape index (κ3) is 6.88. The summed E-state index contributed by atoms with van der Waals surface area (Å²) in [6.45, 7) is 4.17. The number of nitrogens with zero attached hydrogens (tertiary/aromatic N) is 3. The van der Waals surface area contributed by atoms with Gasteiger partial charge in [0.1, 0.15) is 30.0 Å². The van der Waals surface area contributed by atoms with Gasteiger partial charge in [0.15, 0.2) is 0 Å². The van der Waals surface area contributed by atoms with Crippen LogP contribution in [0.2, 0.25) is 5.02 Å². The van der Waals surface area contributed by atoms with Gasteiger partial charge in [-0.25, -0.2) is 9.07 Å². The summed E-state index contributed by atoms with van der Waals surface area (Å²) in [7, 11) is 0. The van der Waals surface area contributed by atoms with E-state index < -0.39 is 11.9 Å². The molecule has 8 nitrogen and oxygen atoms in total. The minimum absolute atomic E-state index is 0.0284. The Morgan fingerprint density at radius 1 is 1.00 bits per heavy atom. The molecule has 2 heterocycles. The van der Waals surface area contributed by atoms with Crippen LogP contribution in [0.15, 0.2) is 113 Å². The Morgan fingerprint density at radius 3 is 2.52 bits per heavy atom. The first kappa shape index (κ1) is 31.2. The predicted octanol–water partition coefficient (Wildman–Crippen LogP) is 8.27. The summed E-state index contributed by atoms with van der Waals surface area (Å²) in [5, 5.41) is 12.0. The van der Waals surface area contributed by atoms with Crippen LogP contribution in [0.3, 0.4) is 0 Å². The topological polar surface area (TPSA) is 90.3 Å². The van der Waals surface area contributed by atoms with Crippen molar-refractivity contribution in [1.82, 2.24) is 14.8 Å². The highest BCUT2D eigenvalue weighted by molar-refractivity contribution is 7.98. The highest BCUT2D eigenvalue weighted by Gasteiger charge is 2.34. The Labute approximate surface area is 275 Å². The first-order valence-electron chi connectivity index (χ1n) is 14.7.